The highest BCUT2D eigenvalue weighted by molar-refractivity contribution is 5.75. The second-order valence-electron chi connectivity index (χ2n) is 4.17. The third-order valence-corrected chi connectivity index (χ3v) is 2.73. The molecule has 0 radical (unpaired) electrons. The van der Waals surface area contributed by atoms with E-state index in [4.69, 9.17) is 4.74 Å². The number of carbonyl (C=O) groups is 1. The second-order valence-corrected chi connectivity index (χ2v) is 4.17. The SMILES string of the molecule is COc1cccc(CNC(=O)Cn2cnccc2=O)c1. The number of carbonyl (C=O) groups excluding carboxylic acids is 1. The monoisotopic (exact) mass is 273 g/mol. The zero-order valence-electron chi connectivity index (χ0n) is 11.1. The average Bonchev–Trinajstić information content (AvgIpc) is 2.48. The number of benzene rings is 1. The van der Waals surface area contributed by atoms with Crippen molar-refractivity contribution >= 4 is 5.91 Å². The van der Waals surface area contributed by atoms with Gasteiger partial charge in [-0.05, 0) is 17.7 Å². The van der Waals surface area contributed by atoms with Crippen molar-refractivity contribution in [2.24, 2.45) is 0 Å². The van der Waals surface area contributed by atoms with Crippen LogP contribution in [0, 0.1) is 0 Å². The molecule has 0 unspecified atom stereocenters. The number of nitrogens with one attached hydrogen (secondary N) is 1. The van der Waals surface area contributed by atoms with Gasteiger partial charge in [-0.1, -0.05) is 12.1 Å². The maximum Gasteiger partial charge on any atom is 0.253 e. The van der Waals surface area contributed by atoms with E-state index in [0.717, 1.165) is 11.3 Å². The standard InChI is InChI=1S/C14H15N3O3/c1-20-12-4-2-3-11(7-12)8-16-13(18)9-17-10-15-6-5-14(17)19/h2-7,10H,8-9H2,1H3,(H,16,18). The van der Waals surface area contributed by atoms with Gasteiger partial charge < -0.3 is 10.1 Å². The molecule has 1 aromatic heterocycles. The molecule has 1 amide bonds. The Hall–Kier alpha value is -2.63. The van der Waals surface area contributed by atoms with Crippen molar-refractivity contribution in [2.45, 2.75) is 13.1 Å². The Morgan fingerprint density at radius 3 is 3.00 bits per heavy atom. The molecule has 0 atom stereocenters. The topological polar surface area (TPSA) is 73.2 Å². The van der Waals surface area contributed by atoms with E-state index in [1.165, 1.54) is 23.2 Å². The number of methoxy groups -OCH3 is 1. The van der Waals surface area contributed by atoms with E-state index >= 15 is 0 Å². The fraction of sp³-hybridized carbons (Fsp3) is 0.214. The third-order valence-electron chi connectivity index (χ3n) is 2.73. The van der Waals surface area contributed by atoms with Gasteiger partial charge in [0.2, 0.25) is 5.91 Å². The molecule has 0 aliphatic carbocycles. The predicted molar refractivity (Wildman–Crippen MR) is 73.3 cm³/mol. The molecule has 1 N–H and O–H groups in total. The Morgan fingerprint density at radius 1 is 1.40 bits per heavy atom. The summed E-state index contributed by atoms with van der Waals surface area (Å²) in [5.74, 6) is 0.489. The molecular formula is C14H15N3O3. The van der Waals surface area contributed by atoms with Crippen LogP contribution in [0.5, 0.6) is 5.75 Å². The van der Waals surface area contributed by atoms with E-state index in [1.807, 2.05) is 24.3 Å². The van der Waals surface area contributed by atoms with Crippen molar-refractivity contribution in [1.82, 2.24) is 14.9 Å². The molecule has 6 nitrogen and oxygen atoms in total. The summed E-state index contributed by atoms with van der Waals surface area (Å²) in [7, 11) is 1.59. The maximum atomic E-state index is 11.8. The van der Waals surface area contributed by atoms with Crippen LogP contribution in [-0.2, 0) is 17.9 Å². The van der Waals surface area contributed by atoms with Gasteiger partial charge in [0.15, 0.2) is 0 Å². The summed E-state index contributed by atoms with van der Waals surface area (Å²) in [5.41, 5.74) is 0.674. The first-order valence-electron chi connectivity index (χ1n) is 6.09. The van der Waals surface area contributed by atoms with Gasteiger partial charge in [-0.3, -0.25) is 14.2 Å². The number of hydrogen-bond acceptors (Lipinski definition) is 4. The molecule has 1 heterocycles. The van der Waals surface area contributed by atoms with Crippen LogP contribution in [0.3, 0.4) is 0 Å². The Kier molecular flexibility index (Phi) is 4.49. The Morgan fingerprint density at radius 2 is 2.25 bits per heavy atom. The number of amides is 1. The third kappa shape index (κ3) is 3.68. The maximum absolute atomic E-state index is 11.8. The molecule has 0 saturated carbocycles. The first kappa shape index (κ1) is 13.8. The summed E-state index contributed by atoms with van der Waals surface area (Å²) < 4.78 is 6.36. The molecule has 104 valence electrons. The van der Waals surface area contributed by atoms with Gasteiger partial charge in [-0.2, -0.15) is 0 Å². The lowest BCUT2D eigenvalue weighted by atomic mass is 10.2. The molecule has 0 bridgehead atoms. The van der Waals surface area contributed by atoms with Crippen molar-refractivity contribution in [1.29, 1.82) is 0 Å². The van der Waals surface area contributed by atoms with Crippen LogP contribution in [-0.4, -0.2) is 22.6 Å². The van der Waals surface area contributed by atoms with Gasteiger partial charge in [-0.15, -0.1) is 0 Å². The normalized spacial score (nSPS) is 10.1. The van der Waals surface area contributed by atoms with Crippen molar-refractivity contribution < 1.29 is 9.53 Å². The Balaban J connectivity index is 1.92. The number of rotatable bonds is 5. The molecule has 20 heavy (non-hydrogen) atoms. The van der Waals surface area contributed by atoms with Crippen LogP contribution in [0.4, 0.5) is 0 Å². The minimum Gasteiger partial charge on any atom is -0.497 e. The number of aromatic nitrogens is 2. The van der Waals surface area contributed by atoms with Crippen molar-refractivity contribution in [3.05, 3.63) is 58.8 Å². The van der Waals surface area contributed by atoms with Crippen LogP contribution in [0.15, 0.2) is 47.7 Å². The average molecular weight is 273 g/mol. The molecular weight excluding hydrogens is 258 g/mol. The zero-order valence-corrected chi connectivity index (χ0v) is 11.1. The highest BCUT2D eigenvalue weighted by Crippen LogP contribution is 2.11. The minimum atomic E-state index is -0.253. The summed E-state index contributed by atoms with van der Waals surface area (Å²) in [6.07, 6.45) is 2.74. The molecule has 0 fully saturated rings. The van der Waals surface area contributed by atoms with Crippen LogP contribution < -0.4 is 15.6 Å². The van der Waals surface area contributed by atoms with E-state index < -0.39 is 0 Å². The summed E-state index contributed by atoms with van der Waals surface area (Å²) in [6.45, 7) is 0.335. The van der Waals surface area contributed by atoms with Gasteiger partial charge in [0.05, 0.1) is 13.4 Å². The van der Waals surface area contributed by atoms with E-state index in [2.05, 4.69) is 10.3 Å². The largest absolute Gasteiger partial charge is 0.497 e. The first-order valence-corrected chi connectivity index (χ1v) is 6.09. The lowest BCUT2D eigenvalue weighted by Crippen LogP contribution is -2.31. The Labute approximate surface area is 116 Å². The smallest absolute Gasteiger partial charge is 0.253 e. The van der Waals surface area contributed by atoms with Crippen molar-refractivity contribution in [2.75, 3.05) is 7.11 Å². The summed E-state index contributed by atoms with van der Waals surface area (Å²) in [5, 5.41) is 2.74. The summed E-state index contributed by atoms with van der Waals surface area (Å²) >= 11 is 0. The van der Waals surface area contributed by atoms with Gasteiger partial charge in [0.1, 0.15) is 12.3 Å². The molecule has 0 aliphatic heterocycles. The van der Waals surface area contributed by atoms with Gasteiger partial charge in [-0.25, -0.2) is 4.98 Å². The van der Waals surface area contributed by atoms with E-state index in [9.17, 15) is 9.59 Å². The van der Waals surface area contributed by atoms with Gasteiger partial charge >= 0.3 is 0 Å². The number of nitrogens with zero attached hydrogens (tertiary/aromatic N) is 2. The molecule has 0 aliphatic rings. The Bertz CT molecular complexity index is 652. The minimum absolute atomic E-state index is 0.0450. The van der Waals surface area contributed by atoms with Crippen LogP contribution >= 0.6 is 0 Å². The molecule has 0 saturated heterocycles. The lowest BCUT2D eigenvalue weighted by Gasteiger charge is -2.08. The lowest BCUT2D eigenvalue weighted by molar-refractivity contribution is -0.121. The first-order chi connectivity index (χ1) is 9.69. The second kappa shape index (κ2) is 6.51. The fourth-order valence-corrected chi connectivity index (χ4v) is 1.69. The van der Waals surface area contributed by atoms with E-state index in [-0.39, 0.29) is 18.0 Å². The molecule has 1 aromatic carbocycles. The quantitative estimate of drug-likeness (QED) is 0.864. The summed E-state index contributed by atoms with van der Waals surface area (Å²) in [4.78, 5) is 27.0. The highest BCUT2D eigenvalue weighted by Gasteiger charge is 2.04. The van der Waals surface area contributed by atoms with Crippen LogP contribution in [0.2, 0.25) is 0 Å². The van der Waals surface area contributed by atoms with Crippen LogP contribution in [0.25, 0.3) is 0 Å². The molecule has 0 spiro atoms. The van der Waals surface area contributed by atoms with Crippen molar-refractivity contribution in [3.8, 4) is 5.75 Å². The highest BCUT2D eigenvalue weighted by atomic mass is 16.5. The molecule has 6 heteroatoms. The number of ether oxygens (including phenoxy) is 1. The number of hydrogen-bond donors (Lipinski definition) is 1. The fourth-order valence-electron chi connectivity index (χ4n) is 1.69. The zero-order chi connectivity index (χ0) is 14.4. The van der Waals surface area contributed by atoms with Gasteiger partial charge in [0, 0.05) is 18.8 Å². The predicted octanol–water partition coefficient (Wildman–Crippen LogP) is 0.568. The summed E-state index contributed by atoms with van der Waals surface area (Å²) in [6, 6.07) is 8.73. The van der Waals surface area contributed by atoms with Gasteiger partial charge in [0.25, 0.3) is 5.56 Å². The molecule has 2 rings (SSSR count). The molecule has 2 aromatic rings. The van der Waals surface area contributed by atoms with Crippen molar-refractivity contribution in [3.63, 3.8) is 0 Å². The van der Waals surface area contributed by atoms with E-state index in [0.29, 0.717) is 6.54 Å². The van der Waals surface area contributed by atoms with Crippen LogP contribution in [0.1, 0.15) is 5.56 Å². The van der Waals surface area contributed by atoms with E-state index in [1.54, 1.807) is 7.11 Å².